The van der Waals surface area contributed by atoms with Crippen LogP contribution in [0.15, 0.2) is 77.8 Å². The van der Waals surface area contributed by atoms with E-state index in [1.165, 1.54) is 23.5 Å². The van der Waals surface area contributed by atoms with Crippen molar-refractivity contribution in [1.82, 2.24) is 0 Å². The molecule has 1 heterocycles. The van der Waals surface area contributed by atoms with Gasteiger partial charge in [-0.15, -0.1) is 11.3 Å². The van der Waals surface area contributed by atoms with E-state index in [1.54, 1.807) is 42.6 Å². The zero-order valence-electron chi connectivity index (χ0n) is 15.4. The average molecular weight is 436 g/mol. The van der Waals surface area contributed by atoms with Gasteiger partial charge in [0, 0.05) is 16.3 Å². The molecule has 5 nitrogen and oxygen atoms in total. The van der Waals surface area contributed by atoms with Gasteiger partial charge in [-0.3, -0.25) is 4.99 Å². The SMILES string of the molecule is O=C(O)c1ccc(N=Cc2ccc(OC(=O)c3sc4ccccc4c3Cl)cc2)cc1. The number of hydrogen-bond acceptors (Lipinski definition) is 5. The molecule has 0 bridgehead atoms. The normalized spacial score (nSPS) is 11.1. The first-order valence-electron chi connectivity index (χ1n) is 8.88. The molecule has 4 aromatic rings. The Labute approximate surface area is 180 Å². The van der Waals surface area contributed by atoms with E-state index in [4.69, 9.17) is 21.4 Å². The molecule has 0 amide bonds. The van der Waals surface area contributed by atoms with Crippen LogP contribution in [0, 0.1) is 0 Å². The molecule has 0 unspecified atom stereocenters. The maximum absolute atomic E-state index is 12.5. The molecule has 0 fully saturated rings. The minimum Gasteiger partial charge on any atom is -0.478 e. The number of hydrogen-bond donors (Lipinski definition) is 1. The van der Waals surface area contributed by atoms with Crippen LogP contribution in [0.3, 0.4) is 0 Å². The van der Waals surface area contributed by atoms with Crippen LogP contribution in [0.5, 0.6) is 5.75 Å². The second-order valence-corrected chi connectivity index (χ2v) is 7.74. The maximum atomic E-state index is 12.5. The Morgan fingerprint density at radius 3 is 2.33 bits per heavy atom. The van der Waals surface area contributed by atoms with E-state index >= 15 is 0 Å². The molecule has 0 aliphatic heterocycles. The first-order chi connectivity index (χ1) is 14.5. The monoisotopic (exact) mass is 435 g/mol. The molecule has 7 heteroatoms. The quantitative estimate of drug-likeness (QED) is 0.229. The molecule has 0 aliphatic rings. The number of carbonyl (C=O) groups is 2. The first-order valence-corrected chi connectivity index (χ1v) is 10.1. The van der Waals surface area contributed by atoms with Gasteiger partial charge in [0.15, 0.2) is 0 Å². The predicted molar refractivity (Wildman–Crippen MR) is 119 cm³/mol. The number of aromatic carboxylic acids is 1. The third-order valence-electron chi connectivity index (χ3n) is 4.29. The van der Waals surface area contributed by atoms with E-state index < -0.39 is 11.9 Å². The van der Waals surface area contributed by atoms with Gasteiger partial charge in [0.05, 0.1) is 16.3 Å². The fraction of sp³-hybridized carbons (Fsp3) is 0. The highest BCUT2D eigenvalue weighted by Gasteiger charge is 2.18. The summed E-state index contributed by atoms with van der Waals surface area (Å²) >= 11 is 7.63. The summed E-state index contributed by atoms with van der Waals surface area (Å²) in [5, 5.41) is 10.1. The summed E-state index contributed by atoms with van der Waals surface area (Å²) < 4.78 is 6.38. The Morgan fingerprint density at radius 1 is 0.967 bits per heavy atom. The third-order valence-corrected chi connectivity index (χ3v) is 5.94. The molecule has 0 aliphatic carbocycles. The number of aliphatic imine (C=N–C) groups is 1. The molecule has 30 heavy (non-hydrogen) atoms. The summed E-state index contributed by atoms with van der Waals surface area (Å²) in [6, 6.07) is 20.7. The third kappa shape index (κ3) is 4.25. The summed E-state index contributed by atoms with van der Waals surface area (Å²) in [4.78, 5) is 28.1. The standard InChI is InChI=1S/C23H14ClNO4S/c24-20-18-3-1-2-4-19(18)30-21(20)23(28)29-17-11-5-14(6-12-17)13-25-16-9-7-15(8-10-16)22(26)27/h1-13H,(H,26,27). The van der Waals surface area contributed by atoms with Crippen molar-refractivity contribution in [2.24, 2.45) is 4.99 Å². The highest BCUT2D eigenvalue weighted by molar-refractivity contribution is 7.21. The van der Waals surface area contributed by atoms with Gasteiger partial charge in [0.1, 0.15) is 10.6 Å². The number of thiophene rings is 1. The van der Waals surface area contributed by atoms with Gasteiger partial charge in [0.2, 0.25) is 0 Å². The van der Waals surface area contributed by atoms with Crippen LogP contribution in [0.25, 0.3) is 10.1 Å². The minimum atomic E-state index is -0.979. The molecule has 0 atom stereocenters. The fourth-order valence-electron chi connectivity index (χ4n) is 2.76. The number of rotatable bonds is 5. The minimum absolute atomic E-state index is 0.207. The van der Waals surface area contributed by atoms with E-state index in [1.807, 2.05) is 24.3 Å². The lowest BCUT2D eigenvalue weighted by Crippen LogP contribution is -2.06. The molecular weight excluding hydrogens is 422 g/mol. The van der Waals surface area contributed by atoms with E-state index in [2.05, 4.69) is 4.99 Å². The van der Waals surface area contributed by atoms with Crippen molar-refractivity contribution in [3.63, 3.8) is 0 Å². The highest BCUT2D eigenvalue weighted by Crippen LogP contribution is 2.35. The van der Waals surface area contributed by atoms with Crippen LogP contribution in [0.1, 0.15) is 25.6 Å². The second-order valence-electron chi connectivity index (χ2n) is 6.31. The van der Waals surface area contributed by atoms with Crippen molar-refractivity contribution in [3.8, 4) is 5.75 Å². The fourth-order valence-corrected chi connectivity index (χ4v) is 4.14. The summed E-state index contributed by atoms with van der Waals surface area (Å²) in [6.07, 6.45) is 1.64. The largest absolute Gasteiger partial charge is 0.478 e. The zero-order valence-corrected chi connectivity index (χ0v) is 17.0. The lowest BCUT2D eigenvalue weighted by atomic mass is 10.2. The lowest BCUT2D eigenvalue weighted by molar-refractivity contribution is 0.0694. The number of halogens is 1. The summed E-state index contributed by atoms with van der Waals surface area (Å²) in [6.45, 7) is 0. The van der Waals surface area contributed by atoms with Crippen LogP contribution in [0.2, 0.25) is 5.02 Å². The second kappa shape index (κ2) is 8.49. The van der Waals surface area contributed by atoms with E-state index in [9.17, 15) is 9.59 Å². The van der Waals surface area contributed by atoms with Crippen LogP contribution in [0.4, 0.5) is 5.69 Å². The zero-order chi connectivity index (χ0) is 21.1. The topological polar surface area (TPSA) is 76.0 Å². The molecule has 4 rings (SSSR count). The molecule has 0 saturated carbocycles. The number of carbonyl (C=O) groups excluding carboxylic acids is 1. The van der Waals surface area contributed by atoms with E-state index in [0.29, 0.717) is 21.3 Å². The smallest absolute Gasteiger partial charge is 0.355 e. The lowest BCUT2D eigenvalue weighted by Gasteiger charge is -2.03. The average Bonchev–Trinajstić information content (AvgIpc) is 3.10. The van der Waals surface area contributed by atoms with Crippen molar-refractivity contribution < 1.29 is 19.4 Å². The number of esters is 1. The molecule has 0 spiro atoms. The van der Waals surface area contributed by atoms with Gasteiger partial charge in [-0.1, -0.05) is 29.8 Å². The Morgan fingerprint density at radius 2 is 1.67 bits per heavy atom. The van der Waals surface area contributed by atoms with Crippen LogP contribution in [-0.2, 0) is 0 Å². The molecule has 0 radical (unpaired) electrons. The predicted octanol–water partition coefficient (Wildman–Crippen LogP) is 6.22. The van der Waals surface area contributed by atoms with E-state index in [0.717, 1.165) is 15.6 Å². The number of nitrogens with zero attached hydrogens (tertiary/aromatic N) is 1. The van der Waals surface area contributed by atoms with Crippen molar-refractivity contribution >= 4 is 56.9 Å². The van der Waals surface area contributed by atoms with Gasteiger partial charge in [-0.25, -0.2) is 9.59 Å². The Bertz CT molecular complexity index is 1260. The molecule has 3 aromatic carbocycles. The Hall–Kier alpha value is -3.48. The number of carboxylic acids is 1. The van der Waals surface area contributed by atoms with Crippen LogP contribution in [-0.4, -0.2) is 23.3 Å². The number of fused-ring (bicyclic) bond motifs is 1. The number of carboxylic acid groups (broad SMARTS) is 1. The highest BCUT2D eigenvalue weighted by atomic mass is 35.5. The summed E-state index contributed by atoms with van der Waals surface area (Å²) in [5.41, 5.74) is 1.64. The van der Waals surface area contributed by atoms with Crippen LogP contribution >= 0.6 is 22.9 Å². The van der Waals surface area contributed by atoms with Gasteiger partial charge >= 0.3 is 11.9 Å². The number of ether oxygens (including phenoxy) is 1. The number of benzene rings is 3. The van der Waals surface area contributed by atoms with Crippen LogP contribution < -0.4 is 4.74 Å². The Balaban J connectivity index is 1.44. The molecule has 0 saturated heterocycles. The van der Waals surface area contributed by atoms with Crippen molar-refractivity contribution in [3.05, 3.63) is 93.8 Å². The van der Waals surface area contributed by atoms with Gasteiger partial charge in [0.25, 0.3) is 0 Å². The van der Waals surface area contributed by atoms with Gasteiger partial charge in [-0.2, -0.15) is 0 Å². The molecule has 1 aromatic heterocycles. The summed E-state index contributed by atoms with van der Waals surface area (Å²) in [5.74, 6) is -1.08. The van der Waals surface area contributed by atoms with Gasteiger partial charge < -0.3 is 9.84 Å². The van der Waals surface area contributed by atoms with Crippen molar-refractivity contribution in [2.75, 3.05) is 0 Å². The molecule has 1 N–H and O–H groups in total. The van der Waals surface area contributed by atoms with Gasteiger partial charge in [-0.05, 0) is 60.2 Å². The summed E-state index contributed by atoms with van der Waals surface area (Å²) in [7, 11) is 0. The molecular formula is C23H14ClNO4S. The van der Waals surface area contributed by atoms with Crippen molar-refractivity contribution in [1.29, 1.82) is 0 Å². The maximum Gasteiger partial charge on any atom is 0.355 e. The first kappa shape index (κ1) is 19.8. The molecule has 148 valence electrons. The Kier molecular flexibility index (Phi) is 5.61. The van der Waals surface area contributed by atoms with E-state index in [-0.39, 0.29) is 5.56 Å². The van der Waals surface area contributed by atoms with Crippen molar-refractivity contribution in [2.45, 2.75) is 0 Å².